The molecule has 8 nitrogen and oxygen atoms in total. The number of hydrogen-bond acceptors (Lipinski definition) is 6. The molecule has 0 bridgehead atoms. The van der Waals surface area contributed by atoms with Crippen molar-refractivity contribution in [3.05, 3.63) is 0 Å². The van der Waals surface area contributed by atoms with E-state index in [1.165, 1.54) is 0 Å². The number of aliphatic hydroxyl groups is 1. The number of rotatable bonds is 0. The molecular formula is C22H43ClMgN2O6. The second kappa shape index (κ2) is 14.5. The molecule has 0 aromatic heterocycles. The molecule has 1 N–H and O–H groups in total. The van der Waals surface area contributed by atoms with Crippen LogP contribution in [0.5, 0.6) is 0 Å². The van der Waals surface area contributed by atoms with E-state index in [4.69, 9.17) is 9.47 Å². The van der Waals surface area contributed by atoms with Gasteiger partial charge in [-0.05, 0) is 61.3 Å². The Kier molecular flexibility index (Phi) is 16.2. The minimum atomic E-state index is -0.626. The van der Waals surface area contributed by atoms with Gasteiger partial charge in [0.15, 0.2) is 0 Å². The topological polar surface area (TPSA) is 96.4 Å². The molecule has 32 heavy (non-hydrogen) atoms. The van der Waals surface area contributed by atoms with E-state index in [1.807, 2.05) is 41.5 Å². The van der Waals surface area contributed by atoms with Gasteiger partial charge in [0, 0.05) is 39.0 Å². The number of piperidine rings is 2. The van der Waals surface area contributed by atoms with Gasteiger partial charge in [-0.25, -0.2) is 9.59 Å². The molecule has 2 rings (SSSR count). The Morgan fingerprint density at radius 1 is 0.875 bits per heavy atom. The van der Waals surface area contributed by atoms with Crippen LogP contribution in [0.4, 0.5) is 9.59 Å². The molecule has 0 spiro atoms. The summed E-state index contributed by atoms with van der Waals surface area (Å²) in [4.78, 5) is 37.3. The summed E-state index contributed by atoms with van der Waals surface area (Å²) in [6.45, 7) is 15.0. The van der Waals surface area contributed by atoms with Gasteiger partial charge < -0.3 is 38.2 Å². The van der Waals surface area contributed by atoms with Crippen molar-refractivity contribution in [1.29, 1.82) is 0 Å². The van der Waals surface area contributed by atoms with Gasteiger partial charge in [-0.3, -0.25) is 4.79 Å². The van der Waals surface area contributed by atoms with Crippen molar-refractivity contribution in [3.63, 3.8) is 0 Å². The molecule has 0 radical (unpaired) electrons. The zero-order valence-corrected chi connectivity index (χ0v) is 22.3. The van der Waals surface area contributed by atoms with Gasteiger partial charge in [0.05, 0.1) is 5.60 Å². The quantitative estimate of drug-likeness (QED) is 0.502. The van der Waals surface area contributed by atoms with Crippen LogP contribution in [0, 0.1) is 0 Å². The summed E-state index contributed by atoms with van der Waals surface area (Å²) < 4.78 is 10.4. The molecule has 2 aliphatic rings. The van der Waals surface area contributed by atoms with Gasteiger partial charge in [0.25, 0.3) is 0 Å². The van der Waals surface area contributed by atoms with Crippen molar-refractivity contribution in [1.82, 2.24) is 9.80 Å². The smallest absolute Gasteiger partial charge is 1.00 e. The Bertz CT molecular complexity index is 589. The van der Waals surface area contributed by atoms with Crippen LogP contribution in [-0.2, 0) is 14.3 Å². The van der Waals surface area contributed by atoms with Crippen molar-refractivity contribution in [2.24, 2.45) is 0 Å². The fraction of sp³-hybridized carbons (Fsp3) is 0.864. The van der Waals surface area contributed by atoms with Crippen molar-refractivity contribution in [3.8, 4) is 0 Å². The standard InChI is InChI=1S/C11H21NO3.C10H17NO3.CH4.ClH.Mg.H/c1-10(2,3)15-9(13)12-7-5-11(4,14)6-8-12;1-10(2,3)14-9(13)11-6-4-8(12)5-7-11;;;;/h14H,5-8H2,1-4H3;4-7H2,1-3H3;1H4;1H;;/q;;;;+2;-1/p-1. The maximum Gasteiger partial charge on any atom is 2.00 e. The molecule has 0 aliphatic carbocycles. The summed E-state index contributed by atoms with van der Waals surface area (Å²) in [5.74, 6) is 0.227. The summed E-state index contributed by atoms with van der Waals surface area (Å²) in [6, 6.07) is 0. The zero-order valence-electron chi connectivity index (χ0n) is 21.1. The Hall–Kier alpha value is -0.774. The number of ether oxygens (including phenoxy) is 2. The van der Waals surface area contributed by atoms with Gasteiger partial charge in [-0.1, -0.05) is 7.43 Å². The van der Waals surface area contributed by atoms with Crippen LogP contribution in [0.1, 0.15) is 83.0 Å². The first-order valence-corrected chi connectivity index (χ1v) is 10.3. The number of hydrogen-bond donors (Lipinski definition) is 1. The maximum absolute atomic E-state index is 11.6. The molecule has 2 heterocycles. The van der Waals surface area contributed by atoms with Crippen molar-refractivity contribution in [2.45, 2.75) is 98.4 Å². The van der Waals surface area contributed by atoms with Gasteiger partial charge in [-0.2, -0.15) is 0 Å². The van der Waals surface area contributed by atoms with Crippen LogP contribution in [0.15, 0.2) is 0 Å². The summed E-state index contributed by atoms with van der Waals surface area (Å²) in [7, 11) is 0. The van der Waals surface area contributed by atoms with E-state index < -0.39 is 16.8 Å². The Labute approximate surface area is 217 Å². The zero-order chi connectivity index (χ0) is 22.5. The second-order valence-electron chi connectivity index (χ2n) is 9.97. The van der Waals surface area contributed by atoms with Crippen molar-refractivity contribution < 1.29 is 42.8 Å². The van der Waals surface area contributed by atoms with Gasteiger partial charge >= 0.3 is 35.2 Å². The van der Waals surface area contributed by atoms with Crippen molar-refractivity contribution in [2.75, 3.05) is 26.2 Å². The van der Waals surface area contributed by atoms with E-state index in [9.17, 15) is 19.5 Å². The molecule has 2 saturated heterocycles. The van der Waals surface area contributed by atoms with Gasteiger partial charge in [-0.15, -0.1) is 0 Å². The second-order valence-corrected chi connectivity index (χ2v) is 9.97. The fourth-order valence-electron chi connectivity index (χ4n) is 2.76. The minimum Gasteiger partial charge on any atom is -1.00 e. The van der Waals surface area contributed by atoms with E-state index in [0.29, 0.717) is 51.9 Å². The largest absolute Gasteiger partial charge is 2.00 e. The number of nitrogens with zero attached hydrogens (tertiary/aromatic N) is 2. The summed E-state index contributed by atoms with van der Waals surface area (Å²) >= 11 is 0. The first-order valence-electron chi connectivity index (χ1n) is 10.3. The van der Waals surface area contributed by atoms with E-state index >= 15 is 0 Å². The van der Waals surface area contributed by atoms with Crippen LogP contribution in [0.3, 0.4) is 0 Å². The Morgan fingerprint density at radius 2 is 1.19 bits per heavy atom. The molecule has 10 heteroatoms. The maximum atomic E-state index is 11.6. The third kappa shape index (κ3) is 15.1. The molecule has 186 valence electrons. The van der Waals surface area contributed by atoms with Crippen LogP contribution >= 0.6 is 0 Å². The van der Waals surface area contributed by atoms with E-state index in [2.05, 4.69) is 0 Å². The molecule has 0 atom stereocenters. The van der Waals surface area contributed by atoms with E-state index in [0.717, 1.165) is 0 Å². The molecule has 2 aliphatic heterocycles. The Morgan fingerprint density at radius 3 is 1.50 bits per heavy atom. The monoisotopic (exact) mass is 490 g/mol. The van der Waals surface area contributed by atoms with E-state index in [1.54, 1.807) is 16.7 Å². The first-order chi connectivity index (χ1) is 13.1. The third-order valence-electron chi connectivity index (χ3n) is 4.47. The van der Waals surface area contributed by atoms with Crippen LogP contribution < -0.4 is 12.4 Å². The SMILES string of the molecule is C.CC(C)(C)OC(=O)N1CCC(=O)CC1.CC1(O)CCN(C(=O)OC(C)(C)C)CC1.[Cl-].[H-].[Mg+2]. The molecule has 0 saturated carbocycles. The summed E-state index contributed by atoms with van der Waals surface area (Å²) in [5.41, 5.74) is -1.53. The van der Waals surface area contributed by atoms with E-state index in [-0.39, 0.29) is 62.3 Å². The average Bonchev–Trinajstić information content (AvgIpc) is 2.52. The molecule has 0 aromatic carbocycles. The molecule has 2 fully saturated rings. The van der Waals surface area contributed by atoms with Crippen LogP contribution in [-0.4, -0.2) is 98.9 Å². The summed E-state index contributed by atoms with van der Waals surface area (Å²) in [5, 5.41) is 9.73. The number of halogens is 1. The number of ketones is 1. The van der Waals surface area contributed by atoms with Crippen LogP contribution in [0.25, 0.3) is 0 Å². The van der Waals surface area contributed by atoms with Gasteiger partial charge in [0.2, 0.25) is 0 Å². The molecule has 0 aromatic rings. The van der Waals surface area contributed by atoms with Gasteiger partial charge in [0.1, 0.15) is 17.0 Å². The van der Waals surface area contributed by atoms with Crippen molar-refractivity contribution >= 4 is 41.0 Å². The number of carbonyl (C=O) groups is 3. The number of carbonyl (C=O) groups excluding carboxylic acids is 3. The predicted octanol–water partition coefficient (Wildman–Crippen LogP) is 0.727. The average molecular weight is 491 g/mol. The number of Topliss-reactive ketones (excluding diaryl/α,β-unsaturated/α-hetero) is 1. The normalized spacial score (nSPS) is 17.9. The minimum absolute atomic E-state index is 0. The fourth-order valence-corrected chi connectivity index (χ4v) is 2.76. The molecule has 0 unspecified atom stereocenters. The predicted molar refractivity (Wildman–Crippen MR) is 123 cm³/mol. The first kappa shape index (κ1) is 35.8. The molecule has 2 amide bonds. The summed E-state index contributed by atoms with van der Waals surface area (Å²) in [6.07, 6.45) is 1.56. The molecular weight excluding hydrogens is 448 g/mol. The van der Waals surface area contributed by atoms with Crippen LogP contribution in [0.2, 0.25) is 0 Å². The number of likely N-dealkylation sites (tertiary alicyclic amines) is 2. The Balaban J connectivity index is -0.000000228. The third-order valence-corrected chi connectivity index (χ3v) is 4.47. The number of amides is 2.